The zero-order chi connectivity index (χ0) is 20.2. The Morgan fingerprint density at radius 3 is 2.31 bits per heavy atom. The van der Waals surface area contributed by atoms with E-state index in [1.165, 1.54) is 0 Å². The molecule has 150 valence electrons. The second-order valence-electron chi connectivity index (χ2n) is 6.40. The Bertz CT molecular complexity index is 966. The van der Waals surface area contributed by atoms with E-state index in [0.717, 1.165) is 22.8 Å². The fourth-order valence-corrected chi connectivity index (χ4v) is 3.00. The normalized spacial score (nSPS) is 12.2. The number of hydrogen-bond donors (Lipinski definition) is 2. The van der Waals surface area contributed by atoms with Crippen molar-refractivity contribution in [2.45, 2.75) is 6.92 Å². The van der Waals surface area contributed by atoms with E-state index in [-0.39, 0.29) is 0 Å². The molecule has 0 aliphatic carbocycles. The first-order valence-electron chi connectivity index (χ1n) is 9.16. The van der Waals surface area contributed by atoms with Gasteiger partial charge in [-0.15, -0.1) is 0 Å². The van der Waals surface area contributed by atoms with Crippen LogP contribution in [0.2, 0.25) is 0 Å². The lowest BCUT2D eigenvalue weighted by atomic mass is 10.2. The van der Waals surface area contributed by atoms with Crippen molar-refractivity contribution in [3.05, 3.63) is 48.2 Å². The van der Waals surface area contributed by atoms with Gasteiger partial charge in [-0.2, -0.15) is 4.98 Å². The molecule has 0 saturated heterocycles. The van der Waals surface area contributed by atoms with Crippen molar-refractivity contribution < 1.29 is 18.9 Å². The standard InChI is InChI=1S/C21H22N4O4/c1-13-10-20(23-14-4-6-16(26-2)18(11-14)27-3)25-21(22-13)24-15-5-7-17-19(12-15)29-9-8-28-17/h4-7,10-12H,8-9H2,1-3H3,(H2,22,23,24,25). The monoisotopic (exact) mass is 394 g/mol. The van der Waals surface area contributed by atoms with Crippen molar-refractivity contribution in [2.24, 2.45) is 0 Å². The van der Waals surface area contributed by atoms with Crippen molar-refractivity contribution in [3.63, 3.8) is 0 Å². The van der Waals surface area contributed by atoms with Crippen LogP contribution in [0.4, 0.5) is 23.1 Å². The van der Waals surface area contributed by atoms with Gasteiger partial charge >= 0.3 is 0 Å². The molecule has 1 aliphatic heterocycles. The van der Waals surface area contributed by atoms with E-state index in [9.17, 15) is 0 Å². The molecule has 0 saturated carbocycles. The third-order valence-electron chi connectivity index (χ3n) is 4.31. The first-order chi connectivity index (χ1) is 14.1. The molecule has 4 rings (SSSR count). The summed E-state index contributed by atoms with van der Waals surface area (Å²) in [5.41, 5.74) is 2.46. The minimum atomic E-state index is 0.477. The van der Waals surface area contributed by atoms with Crippen LogP contribution >= 0.6 is 0 Å². The topological polar surface area (TPSA) is 86.8 Å². The van der Waals surface area contributed by atoms with E-state index < -0.39 is 0 Å². The zero-order valence-corrected chi connectivity index (χ0v) is 16.5. The second-order valence-corrected chi connectivity index (χ2v) is 6.40. The highest BCUT2D eigenvalue weighted by Crippen LogP contribution is 2.34. The molecule has 0 bridgehead atoms. The Labute approximate surface area is 168 Å². The van der Waals surface area contributed by atoms with Gasteiger partial charge in [-0.1, -0.05) is 0 Å². The van der Waals surface area contributed by atoms with Gasteiger partial charge in [0.05, 0.1) is 14.2 Å². The van der Waals surface area contributed by atoms with Gasteiger partial charge in [0.25, 0.3) is 0 Å². The SMILES string of the molecule is COc1ccc(Nc2cc(C)nc(Nc3ccc4c(c3)OCCO4)n2)cc1OC. The summed E-state index contributed by atoms with van der Waals surface area (Å²) in [6, 6.07) is 13.1. The van der Waals surface area contributed by atoms with Crippen LogP contribution < -0.4 is 29.6 Å². The Balaban J connectivity index is 1.55. The van der Waals surface area contributed by atoms with Crippen molar-refractivity contribution in [3.8, 4) is 23.0 Å². The predicted molar refractivity (Wildman–Crippen MR) is 110 cm³/mol. The Hall–Kier alpha value is -3.68. The molecule has 3 aromatic rings. The Kier molecular flexibility index (Phi) is 5.24. The molecule has 1 aromatic heterocycles. The molecule has 0 unspecified atom stereocenters. The van der Waals surface area contributed by atoms with Crippen molar-refractivity contribution in [1.82, 2.24) is 9.97 Å². The van der Waals surface area contributed by atoms with E-state index in [1.807, 2.05) is 49.4 Å². The lowest BCUT2D eigenvalue weighted by Gasteiger charge is -2.19. The third kappa shape index (κ3) is 4.26. The minimum Gasteiger partial charge on any atom is -0.493 e. The molecule has 8 heteroatoms. The Morgan fingerprint density at radius 2 is 1.52 bits per heavy atom. The van der Waals surface area contributed by atoms with Gasteiger partial charge in [0.15, 0.2) is 23.0 Å². The van der Waals surface area contributed by atoms with Gasteiger partial charge in [-0.3, -0.25) is 0 Å². The van der Waals surface area contributed by atoms with Crippen LogP contribution in [0, 0.1) is 6.92 Å². The van der Waals surface area contributed by atoms with Crippen molar-refractivity contribution in [2.75, 3.05) is 38.1 Å². The number of rotatable bonds is 6. The zero-order valence-electron chi connectivity index (χ0n) is 16.5. The molecule has 8 nitrogen and oxygen atoms in total. The first-order valence-corrected chi connectivity index (χ1v) is 9.16. The molecule has 2 heterocycles. The highest BCUT2D eigenvalue weighted by molar-refractivity contribution is 5.64. The molecule has 0 atom stereocenters. The summed E-state index contributed by atoms with van der Waals surface area (Å²) in [5, 5.41) is 6.49. The molecule has 2 N–H and O–H groups in total. The average molecular weight is 394 g/mol. The summed E-state index contributed by atoms with van der Waals surface area (Å²) >= 11 is 0. The largest absolute Gasteiger partial charge is 0.493 e. The Morgan fingerprint density at radius 1 is 0.793 bits per heavy atom. The summed E-state index contributed by atoms with van der Waals surface area (Å²) in [7, 11) is 3.21. The van der Waals surface area contributed by atoms with Crippen LogP contribution in [0.3, 0.4) is 0 Å². The summed E-state index contributed by atoms with van der Waals surface area (Å²) in [5.74, 6) is 3.88. The quantitative estimate of drug-likeness (QED) is 0.647. The predicted octanol–water partition coefficient (Wildman–Crippen LogP) is 4.06. The number of nitrogens with one attached hydrogen (secondary N) is 2. The fraction of sp³-hybridized carbons (Fsp3) is 0.238. The molecule has 1 aliphatic rings. The van der Waals surface area contributed by atoms with Crippen LogP contribution in [-0.2, 0) is 0 Å². The van der Waals surface area contributed by atoms with Gasteiger partial charge in [0.1, 0.15) is 19.0 Å². The highest BCUT2D eigenvalue weighted by atomic mass is 16.6. The maximum atomic E-state index is 5.63. The van der Waals surface area contributed by atoms with E-state index in [1.54, 1.807) is 14.2 Å². The number of anilines is 4. The van der Waals surface area contributed by atoms with Crippen LogP contribution in [0.25, 0.3) is 0 Å². The van der Waals surface area contributed by atoms with E-state index in [2.05, 4.69) is 20.6 Å². The number of ether oxygens (including phenoxy) is 4. The number of benzene rings is 2. The van der Waals surface area contributed by atoms with Crippen LogP contribution in [0.5, 0.6) is 23.0 Å². The van der Waals surface area contributed by atoms with E-state index in [0.29, 0.717) is 42.2 Å². The van der Waals surface area contributed by atoms with Gasteiger partial charge in [-0.25, -0.2) is 4.98 Å². The lowest BCUT2D eigenvalue weighted by molar-refractivity contribution is 0.171. The van der Waals surface area contributed by atoms with Crippen molar-refractivity contribution >= 4 is 23.1 Å². The molecular formula is C21H22N4O4. The first kappa shape index (κ1) is 18.7. The van der Waals surface area contributed by atoms with Crippen LogP contribution in [0.1, 0.15) is 5.69 Å². The molecule has 2 aromatic carbocycles. The smallest absolute Gasteiger partial charge is 0.229 e. The summed E-state index contributed by atoms with van der Waals surface area (Å²) in [6.07, 6.45) is 0. The van der Waals surface area contributed by atoms with Gasteiger partial charge in [0.2, 0.25) is 5.95 Å². The highest BCUT2D eigenvalue weighted by Gasteiger charge is 2.13. The lowest BCUT2D eigenvalue weighted by Crippen LogP contribution is -2.15. The summed E-state index contributed by atoms with van der Waals surface area (Å²) in [6.45, 7) is 3.01. The fourth-order valence-electron chi connectivity index (χ4n) is 3.00. The van der Waals surface area contributed by atoms with E-state index in [4.69, 9.17) is 18.9 Å². The number of nitrogens with zero attached hydrogens (tertiary/aromatic N) is 2. The number of fused-ring (bicyclic) bond motifs is 1. The van der Waals surface area contributed by atoms with Gasteiger partial charge < -0.3 is 29.6 Å². The average Bonchev–Trinajstić information content (AvgIpc) is 2.73. The second kappa shape index (κ2) is 8.14. The molecule has 0 amide bonds. The number of methoxy groups -OCH3 is 2. The molecular weight excluding hydrogens is 372 g/mol. The molecule has 0 radical (unpaired) electrons. The van der Waals surface area contributed by atoms with Crippen LogP contribution in [-0.4, -0.2) is 37.4 Å². The van der Waals surface area contributed by atoms with Gasteiger partial charge in [0, 0.05) is 35.3 Å². The van der Waals surface area contributed by atoms with Crippen molar-refractivity contribution in [1.29, 1.82) is 0 Å². The van der Waals surface area contributed by atoms with E-state index >= 15 is 0 Å². The summed E-state index contributed by atoms with van der Waals surface area (Å²) in [4.78, 5) is 9.02. The molecule has 0 spiro atoms. The number of aryl methyl sites for hydroxylation is 1. The number of aromatic nitrogens is 2. The maximum absolute atomic E-state index is 5.63. The molecule has 0 fully saturated rings. The third-order valence-corrected chi connectivity index (χ3v) is 4.31. The van der Waals surface area contributed by atoms with Gasteiger partial charge in [-0.05, 0) is 31.2 Å². The minimum absolute atomic E-state index is 0.477. The number of hydrogen-bond acceptors (Lipinski definition) is 8. The van der Waals surface area contributed by atoms with Crippen LogP contribution in [0.15, 0.2) is 42.5 Å². The summed E-state index contributed by atoms with van der Waals surface area (Å²) < 4.78 is 21.8. The maximum Gasteiger partial charge on any atom is 0.229 e. The molecule has 29 heavy (non-hydrogen) atoms.